The molecule has 2 fully saturated rings. The van der Waals surface area contributed by atoms with E-state index in [1.54, 1.807) is 24.1 Å². The van der Waals surface area contributed by atoms with E-state index in [0.717, 1.165) is 12.8 Å². The number of fused-ring (bicyclic) bond motifs is 1. The van der Waals surface area contributed by atoms with E-state index in [9.17, 15) is 9.59 Å². The molecule has 2 amide bonds. The summed E-state index contributed by atoms with van der Waals surface area (Å²) >= 11 is 0. The Bertz CT molecular complexity index is 676. The molecule has 25 heavy (non-hydrogen) atoms. The van der Waals surface area contributed by atoms with Crippen LogP contribution in [0.15, 0.2) is 12.1 Å². The molecule has 7 nitrogen and oxygen atoms in total. The first-order chi connectivity index (χ1) is 12.2. The van der Waals surface area contributed by atoms with Crippen LogP contribution in [-0.2, 0) is 4.79 Å². The predicted molar refractivity (Wildman–Crippen MR) is 89.2 cm³/mol. The van der Waals surface area contributed by atoms with Gasteiger partial charge in [0.2, 0.25) is 11.7 Å². The second-order valence-corrected chi connectivity index (χ2v) is 6.59. The van der Waals surface area contributed by atoms with Crippen molar-refractivity contribution in [1.82, 2.24) is 9.80 Å². The van der Waals surface area contributed by atoms with Crippen molar-refractivity contribution in [3.63, 3.8) is 0 Å². The van der Waals surface area contributed by atoms with Crippen LogP contribution in [0.4, 0.5) is 0 Å². The molecule has 1 saturated heterocycles. The smallest absolute Gasteiger partial charge is 0.254 e. The van der Waals surface area contributed by atoms with Gasteiger partial charge in [-0.25, -0.2) is 0 Å². The number of hydrogen-bond donors (Lipinski definition) is 0. The molecule has 7 heteroatoms. The van der Waals surface area contributed by atoms with Crippen LogP contribution in [0.25, 0.3) is 0 Å². The van der Waals surface area contributed by atoms with E-state index in [0.29, 0.717) is 62.2 Å². The third kappa shape index (κ3) is 3.10. The topological polar surface area (TPSA) is 68.3 Å². The van der Waals surface area contributed by atoms with E-state index in [2.05, 4.69) is 0 Å². The number of benzene rings is 1. The molecular formula is C18H22N2O5. The third-order valence-electron chi connectivity index (χ3n) is 4.88. The molecule has 4 rings (SSSR count). The molecule has 0 atom stereocenters. The summed E-state index contributed by atoms with van der Waals surface area (Å²) in [4.78, 5) is 28.6. The highest BCUT2D eigenvalue weighted by Gasteiger charge is 2.35. The SMILES string of the molecule is COc1cc(C(=O)N2CCN(C(=O)C3CC3)CC2)cc2c1OCCO2. The van der Waals surface area contributed by atoms with Crippen molar-refractivity contribution in [3.05, 3.63) is 17.7 Å². The number of hydrogen-bond acceptors (Lipinski definition) is 5. The number of carbonyl (C=O) groups is 2. The summed E-state index contributed by atoms with van der Waals surface area (Å²) in [6.07, 6.45) is 2.02. The molecule has 0 N–H and O–H groups in total. The minimum absolute atomic E-state index is 0.0752. The summed E-state index contributed by atoms with van der Waals surface area (Å²) < 4.78 is 16.5. The molecule has 1 aliphatic carbocycles. The van der Waals surface area contributed by atoms with Gasteiger partial charge in [0.15, 0.2) is 11.5 Å². The Morgan fingerprint density at radius 1 is 1.04 bits per heavy atom. The molecule has 0 bridgehead atoms. The lowest BCUT2D eigenvalue weighted by Crippen LogP contribution is -2.51. The number of rotatable bonds is 3. The average Bonchev–Trinajstić information content (AvgIpc) is 3.51. The van der Waals surface area contributed by atoms with E-state index in [4.69, 9.17) is 14.2 Å². The Morgan fingerprint density at radius 3 is 2.40 bits per heavy atom. The summed E-state index contributed by atoms with van der Waals surface area (Å²) in [6, 6.07) is 3.40. The van der Waals surface area contributed by atoms with Crippen molar-refractivity contribution in [2.75, 3.05) is 46.5 Å². The number of ether oxygens (including phenoxy) is 3. The fraction of sp³-hybridized carbons (Fsp3) is 0.556. The van der Waals surface area contributed by atoms with Gasteiger partial charge < -0.3 is 24.0 Å². The van der Waals surface area contributed by atoms with Gasteiger partial charge in [0.25, 0.3) is 5.91 Å². The molecule has 1 aromatic carbocycles. The lowest BCUT2D eigenvalue weighted by Gasteiger charge is -2.35. The van der Waals surface area contributed by atoms with E-state index in [-0.39, 0.29) is 17.7 Å². The summed E-state index contributed by atoms with van der Waals surface area (Å²) in [5.41, 5.74) is 0.517. The first-order valence-electron chi connectivity index (χ1n) is 8.73. The minimum Gasteiger partial charge on any atom is -0.493 e. The van der Waals surface area contributed by atoms with Crippen LogP contribution in [0, 0.1) is 5.92 Å². The van der Waals surface area contributed by atoms with Crippen molar-refractivity contribution in [2.45, 2.75) is 12.8 Å². The van der Waals surface area contributed by atoms with Gasteiger partial charge in [-0.1, -0.05) is 0 Å². The molecule has 0 spiro atoms. The van der Waals surface area contributed by atoms with Crippen LogP contribution in [0.5, 0.6) is 17.2 Å². The fourth-order valence-electron chi connectivity index (χ4n) is 3.30. The zero-order valence-electron chi connectivity index (χ0n) is 14.3. The Hall–Kier alpha value is -2.44. The van der Waals surface area contributed by atoms with Gasteiger partial charge in [-0.2, -0.15) is 0 Å². The maximum Gasteiger partial charge on any atom is 0.254 e. The lowest BCUT2D eigenvalue weighted by atomic mass is 10.1. The van der Waals surface area contributed by atoms with Gasteiger partial charge in [0, 0.05) is 37.7 Å². The highest BCUT2D eigenvalue weighted by atomic mass is 16.6. The van der Waals surface area contributed by atoms with Crippen LogP contribution in [-0.4, -0.2) is 68.1 Å². The Morgan fingerprint density at radius 2 is 1.72 bits per heavy atom. The van der Waals surface area contributed by atoms with Gasteiger partial charge in [-0.3, -0.25) is 9.59 Å². The Labute approximate surface area is 146 Å². The van der Waals surface area contributed by atoms with Gasteiger partial charge >= 0.3 is 0 Å². The number of carbonyl (C=O) groups excluding carboxylic acids is 2. The molecule has 0 radical (unpaired) electrons. The van der Waals surface area contributed by atoms with Crippen LogP contribution in [0.1, 0.15) is 23.2 Å². The maximum atomic E-state index is 12.8. The molecule has 3 aliphatic rings. The Kier molecular flexibility index (Phi) is 4.15. The molecule has 1 saturated carbocycles. The fourth-order valence-corrected chi connectivity index (χ4v) is 3.30. The summed E-state index contributed by atoms with van der Waals surface area (Å²) in [5, 5.41) is 0. The monoisotopic (exact) mass is 346 g/mol. The van der Waals surface area contributed by atoms with Crippen LogP contribution < -0.4 is 14.2 Å². The molecule has 1 aromatic rings. The quantitative estimate of drug-likeness (QED) is 0.822. The zero-order valence-corrected chi connectivity index (χ0v) is 14.3. The maximum absolute atomic E-state index is 12.8. The number of amides is 2. The summed E-state index contributed by atoms with van der Waals surface area (Å²) in [5.74, 6) is 1.98. The standard InChI is InChI=1S/C18H22N2O5/c1-23-14-10-13(11-15-16(14)25-9-8-24-15)18(22)20-6-4-19(5-7-20)17(21)12-2-3-12/h10-12H,2-9H2,1H3. The average molecular weight is 346 g/mol. The first kappa shape index (κ1) is 16.1. The van der Waals surface area contributed by atoms with Gasteiger partial charge in [-0.05, 0) is 25.0 Å². The zero-order chi connectivity index (χ0) is 17.4. The van der Waals surface area contributed by atoms with Crippen molar-refractivity contribution in [1.29, 1.82) is 0 Å². The minimum atomic E-state index is -0.0752. The largest absolute Gasteiger partial charge is 0.493 e. The predicted octanol–water partition coefficient (Wildman–Crippen LogP) is 1.16. The van der Waals surface area contributed by atoms with E-state index in [1.807, 2.05) is 4.90 Å². The highest BCUT2D eigenvalue weighted by molar-refractivity contribution is 5.96. The van der Waals surface area contributed by atoms with Crippen molar-refractivity contribution in [2.24, 2.45) is 5.92 Å². The molecular weight excluding hydrogens is 324 g/mol. The van der Waals surface area contributed by atoms with E-state index in [1.165, 1.54) is 0 Å². The summed E-state index contributed by atoms with van der Waals surface area (Å²) in [7, 11) is 1.55. The van der Waals surface area contributed by atoms with Crippen LogP contribution in [0.2, 0.25) is 0 Å². The number of methoxy groups -OCH3 is 1. The van der Waals surface area contributed by atoms with Gasteiger partial charge in [-0.15, -0.1) is 0 Å². The van der Waals surface area contributed by atoms with E-state index >= 15 is 0 Å². The van der Waals surface area contributed by atoms with Crippen LogP contribution in [0.3, 0.4) is 0 Å². The molecule has 0 aromatic heterocycles. The van der Waals surface area contributed by atoms with Crippen molar-refractivity contribution in [3.8, 4) is 17.2 Å². The van der Waals surface area contributed by atoms with Gasteiger partial charge in [0.05, 0.1) is 7.11 Å². The van der Waals surface area contributed by atoms with Crippen molar-refractivity contribution < 1.29 is 23.8 Å². The number of nitrogens with zero attached hydrogens (tertiary/aromatic N) is 2. The van der Waals surface area contributed by atoms with Crippen molar-refractivity contribution >= 4 is 11.8 Å². The first-order valence-corrected chi connectivity index (χ1v) is 8.73. The molecule has 2 aliphatic heterocycles. The molecule has 2 heterocycles. The highest BCUT2D eigenvalue weighted by Crippen LogP contribution is 2.40. The lowest BCUT2D eigenvalue weighted by molar-refractivity contribution is -0.134. The number of piperazine rings is 1. The second-order valence-electron chi connectivity index (χ2n) is 6.59. The normalized spacial score (nSPS) is 19.6. The molecule has 134 valence electrons. The van der Waals surface area contributed by atoms with Gasteiger partial charge in [0.1, 0.15) is 13.2 Å². The third-order valence-corrected chi connectivity index (χ3v) is 4.88. The Balaban J connectivity index is 1.47. The summed E-state index contributed by atoms with van der Waals surface area (Å²) in [6.45, 7) is 3.22. The molecule has 0 unspecified atom stereocenters. The second kappa shape index (κ2) is 6.46. The van der Waals surface area contributed by atoms with E-state index < -0.39 is 0 Å². The van der Waals surface area contributed by atoms with Crippen LogP contribution >= 0.6 is 0 Å².